The fraction of sp³-hybridized carbons (Fsp3) is 0.188. The van der Waals surface area contributed by atoms with E-state index < -0.39 is 0 Å². The van der Waals surface area contributed by atoms with Crippen molar-refractivity contribution in [2.45, 2.75) is 13.1 Å². The Labute approximate surface area is 127 Å². The number of hydrogen-bond donors (Lipinski definition) is 1. The number of ether oxygens (including phenoxy) is 2. The predicted molar refractivity (Wildman–Crippen MR) is 79.3 cm³/mol. The first-order chi connectivity index (χ1) is 10.3. The van der Waals surface area contributed by atoms with Gasteiger partial charge in [-0.15, -0.1) is 0 Å². The van der Waals surface area contributed by atoms with Crippen molar-refractivity contribution >= 4 is 11.6 Å². The van der Waals surface area contributed by atoms with Gasteiger partial charge in [0.25, 0.3) is 0 Å². The number of fused-ring (bicyclic) bond motifs is 1. The van der Waals surface area contributed by atoms with Crippen LogP contribution in [0.5, 0.6) is 11.5 Å². The molecular weight excluding hydrogens is 288 g/mol. The van der Waals surface area contributed by atoms with Crippen molar-refractivity contribution in [1.29, 1.82) is 5.26 Å². The molecule has 1 heterocycles. The molecule has 0 radical (unpaired) electrons. The number of nitrogens with zero attached hydrogens (tertiary/aromatic N) is 1. The summed E-state index contributed by atoms with van der Waals surface area (Å²) in [5, 5.41) is 12.7. The zero-order valence-corrected chi connectivity index (χ0v) is 12.0. The molecular formula is C16H13ClN2O2. The van der Waals surface area contributed by atoms with E-state index in [1.165, 1.54) is 0 Å². The van der Waals surface area contributed by atoms with Crippen molar-refractivity contribution in [3.05, 3.63) is 58.1 Å². The van der Waals surface area contributed by atoms with Gasteiger partial charge in [0.1, 0.15) is 0 Å². The molecule has 1 N–H and O–H groups in total. The molecule has 0 saturated carbocycles. The largest absolute Gasteiger partial charge is 0.454 e. The van der Waals surface area contributed by atoms with Crippen LogP contribution in [0.2, 0.25) is 5.02 Å². The highest BCUT2D eigenvalue weighted by atomic mass is 35.5. The summed E-state index contributed by atoms with van der Waals surface area (Å²) in [5.74, 6) is 1.58. The highest BCUT2D eigenvalue weighted by molar-refractivity contribution is 6.31. The number of benzene rings is 2. The lowest BCUT2D eigenvalue weighted by molar-refractivity contribution is 0.173. The van der Waals surface area contributed by atoms with Crippen LogP contribution < -0.4 is 14.8 Å². The van der Waals surface area contributed by atoms with Crippen LogP contribution >= 0.6 is 11.6 Å². The molecule has 4 nitrogen and oxygen atoms in total. The summed E-state index contributed by atoms with van der Waals surface area (Å²) < 4.78 is 10.8. The first kappa shape index (κ1) is 13.7. The second kappa shape index (κ2) is 6.04. The summed E-state index contributed by atoms with van der Waals surface area (Å²) in [6, 6.07) is 13.2. The number of rotatable bonds is 4. The van der Waals surface area contributed by atoms with Crippen molar-refractivity contribution in [3.63, 3.8) is 0 Å². The van der Waals surface area contributed by atoms with Crippen LogP contribution in [0.3, 0.4) is 0 Å². The smallest absolute Gasteiger partial charge is 0.231 e. The van der Waals surface area contributed by atoms with Crippen molar-refractivity contribution < 1.29 is 9.47 Å². The van der Waals surface area contributed by atoms with Crippen molar-refractivity contribution in [2.24, 2.45) is 0 Å². The maximum Gasteiger partial charge on any atom is 0.231 e. The maximum atomic E-state index is 8.82. The molecule has 0 saturated heterocycles. The normalized spacial score (nSPS) is 12.2. The SMILES string of the molecule is N#Cc1ccc(CNCc2cccc3c2OCO3)c(Cl)c1. The molecule has 1 aliphatic rings. The number of nitriles is 1. The quantitative estimate of drug-likeness (QED) is 0.942. The minimum absolute atomic E-state index is 0.272. The van der Waals surface area contributed by atoms with E-state index in [4.69, 9.17) is 26.3 Å². The van der Waals surface area contributed by atoms with E-state index in [0.29, 0.717) is 23.7 Å². The lowest BCUT2D eigenvalue weighted by atomic mass is 10.1. The lowest BCUT2D eigenvalue weighted by Gasteiger charge is -2.09. The van der Waals surface area contributed by atoms with Crippen LogP contribution in [0.15, 0.2) is 36.4 Å². The van der Waals surface area contributed by atoms with Gasteiger partial charge in [0, 0.05) is 23.7 Å². The topological polar surface area (TPSA) is 54.3 Å². The van der Waals surface area contributed by atoms with Gasteiger partial charge in [-0.3, -0.25) is 0 Å². The van der Waals surface area contributed by atoms with E-state index in [1.807, 2.05) is 24.3 Å². The van der Waals surface area contributed by atoms with Crippen molar-refractivity contribution in [3.8, 4) is 17.6 Å². The fourth-order valence-corrected chi connectivity index (χ4v) is 2.47. The molecule has 0 fully saturated rings. The summed E-state index contributed by atoms with van der Waals surface area (Å²) in [6.45, 7) is 1.55. The molecule has 0 amide bonds. The van der Waals surface area contributed by atoms with Crippen LogP contribution in [-0.2, 0) is 13.1 Å². The summed E-state index contributed by atoms with van der Waals surface area (Å²) in [5.41, 5.74) is 2.57. The monoisotopic (exact) mass is 300 g/mol. The Balaban J connectivity index is 1.65. The van der Waals surface area contributed by atoms with Crippen LogP contribution in [0, 0.1) is 11.3 Å². The molecule has 2 aromatic carbocycles. The average Bonchev–Trinajstić information content (AvgIpc) is 2.98. The molecule has 0 bridgehead atoms. The molecule has 0 atom stereocenters. The number of nitrogens with one attached hydrogen (secondary N) is 1. The van der Waals surface area contributed by atoms with E-state index >= 15 is 0 Å². The second-order valence-electron chi connectivity index (χ2n) is 4.67. The van der Waals surface area contributed by atoms with Gasteiger partial charge >= 0.3 is 0 Å². The zero-order chi connectivity index (χ0) is 14.7. The molecule has 0 spiro atoms. The molecule has 0 aliphatic carbocycles. The first-order valence-electron chi connectivity index (χ1n) is 6.54. The molecule has 2 aromatic rings. The number of para-hydroxylation sites is 1. The van der Waals surface area contributed by atoms with Crippen LogP contribution in [-0.4, -0.2) is 6.79 Å². The van der Waals surface area contributed by atoms with E-state index in [1.54, 1.807) is 12.1 Å². The highest BCUT2D eigenvalue weighted by Crippen LogP contribution is 2.35. The Hall–Kier alpha value is -2.22. The Kier molecular flexibility index (Phi) is 3.96. The van der Waals surface area contributed by atoms with E-state index in [-0.39, 0.29) is 6.79 Å². The van der Waals surface area contributed by atoms with E-state index in [2.05, 4.69) is 11.4 Å². The third-order valence-corrected chi connectivity index (χ3v) is 3.64. The summed E-state index contributed by atoms with van der Waals surface area (Å²) >= 11 is 6.15. The molecule has 3 rings (SSSR count). The fourth-order valence-electron chi connectivity index (χ4n) is 2.22. The summed E-state index contributed by atoms with van der Waals surface area (Å²) in [4.78, 5) is 0. The minimum Gasteiger partial charge on any atom is -0.454 e. The summed E-state index contributed by atoms with van der Waals surface area (Å²) in [6.07, 6.45) is 0. The van der Waals surface area contributed by atoms with Gasteiger partial charge in [-0.1, -0.05) is 29.8 Å². The average molecular weight is 301 g/mol. The number of halogens is 1. The van der Waals surface area contributed by atoms with E-state index in [0.717, 1.165) is 22.6 Å². The van der Waals surface area contributed by atoms with Crippen LogP contribution in [0.4, 0.5) is 0 Å². The van der Waals surface area contributed by atoms with Crippen LogP contribution in [0.1, 0.15) is 16.7 Å². The number of hydrogen-bond acceptors (Lipinski definition) is 4. The summed E-state index contributed by atoms with van der Waals surface area (Å²) in [7, 11) is 0. The molecule has 21 heavy (non-hydrogen) atoms. The molecule has 0 unspecified atom stereocenters. The van der Waals surface area contributed by atoms with Crippen molar-refractivity contribution in [1.82, 2.24) is 5.32 Å². The lowest BCUT2D eigenvalue weighted by Crippen LogP contribution is -2.13. The predicted octanol–water partition coefficient (Wildman–Crippen LogP) is 3.23. The molecule has 1 aliphatic heterocycles. The zero-order valence-electron chi connectivity index (χ0n) is 11.2. The minimum atomic E-state index is 0.272. The van der Waals surface area contributed by atoms with Gasteiger partial charge in [-0.05, 0) is 23.8 Å². The molecule has 0 aromatic heterocycles. The Morgan fingerprint density at radius 2 is 2.00 bits per heavy atom. The van der Waals surface area contributed by atoms with Crippen molar-refractivity contribution in [2.75, 3.05) is 6.79 Å². The molecule has 5 heteroatoms. The molecule has 106 valence electrons. The maximum absolute atomic E-state index is 8.82. The standard InChI is InChI=1S/C16H13ClN2O2/c17-14-6-11(7-18)4-5-12(14)8-19-9-13-2-1-3-15-16(13)21-10-20-15/h1-6,19H,8-10H2. The van der Waals surface area contributed by atoms with Gasteiger partial charge in [0.2, 0.25) is 6.79 Å². The highest BCUT2D eigenvalue weighted by Gasteiger charge is 2.16. The van der Waals surface area contributed by atoms with Gasteiger partial charge in [-0.25, -0.2) is 0 Å². The van der Waals surface area contributed by atoms with Crippen LogP contribution in [0.25, 0.3) is 0 Å². The van der Waals surface area contributed by atoms with Gasteiger partial charge in [0.05, 0.1) is 11.6 Å². The van der Waals surface area contributed by atoms with Gasteiger partial charge < -0.3 is 14.8 Å². The third-order valence-electron chi connectivity index (χ3n) is 3.29. The second-order valence-corrected chi connectivity index (χ2v) is 5.08. The first-order valence-corrected chi connectivity index (χ1v) is 6.92. The third kappa shape index (κ3) is 2.94. The Morgan fingerprint density at radius 1 is 1.14 bits per heavy atom. The van der Waals surface area contributed by atoms with Gasteiger partial charge in [0.15, 0.2) is 11.5 Å². The Bertz CT molecular complexity index is 710. The van der Waals surface area contributed by atoms with E-state index in [9.17, 15) is 0 Å². The van der Waals surface area contributed by atoms with Gasteiger partial charge in [-0.2, -0.15) is 5.26 Å². The Morgan fingerprint density at radius 3 is 2.81 bits per heavy atom.